The van der Waals surface area contributed by atoms with Crippen molar-refractivity contribution in [3.05, 3.63) is 51.0 Å². The number of nitrogens with zero attached hydrogens (tertiary/aromatic N) is 2. The summed E-state index contributed by atoms with van der Waals surface area (Å²) >= 11 is 11.3. The molecule has 0 atom stereocenters. The molecule has 7 heteroatoms. The molecule has 2 aromatic rings. The van der Waals surface area contributed by atoms with Gasteiger partial charge in [0.2, 0.25) is 5.91 Å². The monoisotopic (exact) mass is 364 g/mol. The lowest BCUT2D eigenvalue weighted by molar-refractivity contribution is -0.117. The first-order valence-corrected chi connectivity index (χ1v) is 8.55. The van der Waals surface area contributed by atoms with Crippen LogP contribution < -0.4 is 5.32 Å². The lowest BCUT2D eigenvalue weighted by Gasteiger charge is -2.11. The van der Waals surface area contributed by atoms with Crippen molar-refractivity contribution < 1.29 is 4.79 Å². The van der Waals surface area contributed by atoms with Crippen molar-refractivity contribution in [3.63, 3.8) is 0 Å². The molecule has 1 aromatic carbocycles. The standard InChI is InChI=1S/C17H21ClN4OS/c1-11(2)22-15(20-21-17(22)24)8-9-19-16(23)12(3)10-13-6-4-5-7-14(13)18/h4-7,10-11H,8-9H2,1-3H3,(H,19,23)(H,21,24). The number of aromatic nitrogens is 3. The highest BCUT2D eigenvalue weighted by Gasteiger charge is 2.10. The summed E-state index contributed by atoms with van der Waals surface area (Å²) in [7, 11) is 0. The van der Waals surface area contributed by atoms with Crippen LogP contribution in [0.1, 0.15) is 38.2 Å². The van der Waals surface area contributed by atoms with E-state index in [1.807, 2.05) is 36.6 Å². The molecule has 0 aliphatic carbocycles. The summed E-state index contributed by atoms with van der Waals surface area (Å²) in [4.78, 5) is 12.2. The molecule has 0 unspecified atom stereocenters. The van der Waals surface area contributed by atoms with E-state index in [-0.39, 0.29) is 11.9 Å². The van der Waals surface area contributed by atoms with Crippen molar-refractivity contribution in [2.24, 2.45) is 0 Å². The van der Waals surface area contributed by atoms with E-state index >= 15 is 0 Å². The van der Waals surface area contributed by atoms with Crippen LogP contribution in [0.15, 0.2) is 29.8 Å². The lowest BCUT2D eigenvalue weighted by Crippen LogP contribution is -2.27. The van der Waals surface area contributed by atoms with Crippen LogP contribution in [0, 0.1) is 4.77 Å². The molecule has 0 aliphatic rings. The summed E-state index contributed by atoms with van der Waals surface area (Å²) in [6.45, 7) is 6.34. The van der Waals surface area contributed by atoms with Crippen molar-refractivity contribution in [2.75, 3.05) is 6.54 Å². The van der Waals surface area contributed by atoms with Gasteiger partial charge in [-0.05, 0) is 50.7 Å². The third-order valence-electron chi connectivity index (χ3n) is 3.56. The molecule has 0 fully saturated rings. The first-order chi connectivity index (χ1) is 11.4. The highest BCUT2D eigenvalue weighted by molar-refractivity contribution is 7.71. The van der Waals surface area contributed by atoms with E-state index in [0.717, 1.165) is 11.4 Å². The van der Waals surface area contributed by atoms with Crippen LogP contribution >= 0.6 is 23.8 Å². The SMILES string of the molecule is CC(=Cc1ccccc1Cl)C(=O)NCCc1n[nH]c(=S)n1C(C)C. The van der Waals surface area contributed by atoms with Crippen LogP contribution in [0.3, 0.4) is 0 Å². The van der Waals surface area contributed by atoms with E-state index in [2.05, 4.69) is 15.5 Å². The van der Waals surface area contributed by atoms with Crippen LogP contribution in [0.4, 0.5) is 0 Å². The second-order valence-electron chi connectivity index (χ2n) is 5.76. The summed E-state index contributed by atoms with van der Waals surface area (Å²) in [5, 5.41) is 10.5. The molecule has 24 heavy (non-hydrogen) atoms. The zero-order valence-corrected chi connectivity index (χ0v) is 15.5. The number of halogens is 1. The molecule has 2 N–H and O–H groups in total. The number of carbonyl (C=O) groups is 1. The predicted molar refractivity (Wildman–Crippen MR) is 99.6 cm³/mol. The minimum Gasteiger partial charge on any atom is -0.352 e. The average molecular weight is 365 g/mol. The lowest BCUT2D eigenvalue weighted by atomic mass is 10.1. The van der Waals surface area contributed by atoms with Crippen LogP contribution in [-0.4, -0.2) is 27.2 Å². The van der Waals surface area contributed by atoms with Crippen LogP contribution in [0.2, 0.25) is 5.02 Å². The summed E-state index contributed by atoms with van der Waals surface area (Å²) < 4.78 is 2.55. The molecule has 0 aliphatic heterocycles. The second-order valence-corrected chi connectivity index (χ2v) is 6.56. The Morgan fingerprint density at radius 3 is 2.83 bits per heavy atom. The molecule has 0 radical (unpaired) electrons. The fraction of sp³-hybridized carbons (Fsp3) is 0.353. The summed E-state index contributed by atoms with van der Waals surface area (Å²) in [6, 6.07) is 7.64. The molecule has 128 valence electrons. The third-order valence-corrected chi connectivity index (χ3v) is 4.20. The van der Waals surface area contributed by atoms with Gasteiger partial charge in [-0.2, -0.15) is 5.10 Å². The summed E-state index contributed by atoms with van der Waals surface area (Å²) in [6.07, 6.45) is 2.39. The average Bonchev–Trinajstić information content (AvgIpc) is 2.90. The highest BCUT2D eigenvalue weighted by atomic mass is 35.5. The smallest absolute Gasteiger partial charge is 0.246 e. The van der Waals surface area contributed by atoms with Crippen molar-refractivity contribution in [3.8, 4) is 0 Å². The molecule has 0 saturated carbocycles. The van der Waals surface area contributed by atoms with E-state index in [1.54, 1.807) is 19.1 Å². The van der Waals surface area contributed by atoms with Crippen LogP contribution in [0.5, 0.6) is 0 Å². The third kappa shape index (κ3) is 4.55. The maximum atomic E-state index is 12.2. The van der Waals surface area contributed by atoms with Crippen LogP contribution in [-0.2, 0) is 11.2 Å². The number of H-pyrrole nitrogens is 1. The van der Waals surface area contributed by atoms with Gasteiger partial charge in [0.1, 0.15) is 5.82 Å². The second kappa shape index (κ2) is 8.26. The van der Waals surface area contributed by atoms with Crippen molar-refractivity contribution in [1.29, 1.82) is 0 Å². The summed E-state index contributed by atoms with van der Waals surface area (Å²) in [5.74, 6) is 0.711. The van der Waals surface area contributed by atoms with E-state index in [1.165, 1.54) is 0 Å². The maximum absolute atomic E-state index is 12.2. The fourth-order valence-electron chi connectivity index (χ4n) is 2.36. The Morgan fingerprint density at radius 2 is 2.17 bits per heavy atom. The molecule has 0 spiro atoms. The van der Waals surface area contributed by atoms with E-state index < -0.39 is 0 Å². The van der Waals surface area contributed by atoms with Gasteiger partial charge in [0.05, 0.1) is 0 Å². The quantitative estimate of drug-likeness (QED) is 0.602. The number of nitrogens with one attached hydrogen (secondary N) is 2. The first kappa shape index (κ1) is 18.4. The van der Waals surface area contributed by atoms with Crippen molar-refractivity contribution >= 4 is 35.8 Å². The van der Waals surface area contributed by atoms with E-state index in [4.69, 9.17) is 23.8 Å². The van der Waals surface area contributed by atoms with E-state index in [0.29, 0.717) is 28.3 Å². The van der Waals surface area contributed by atoms with E-state index in [9.17, 15) is 4.79 Å². The Labute approximate surface area is 151 Å². The van der Waals surface area contributed by atoms with Gasteiger partial charge in [-0.15, -0.1) is 0 Å². The van der Waals surface area contributed by atoms with Crippen molar-refractivity contribution in [2.45, 2.75) is 33.2 Å². The Kier molecular flexibility index (Phi) is 6.34. The predicted octanol–water partition coefficient (Wildman–Crippen LogP) is 3.94. The molecular formula is C17H21ClN4OS. The molecule has 0 bridgehead atoms. The largest absolute Gasteiger partial charge is 0.352 e. The number of carbonyl (C=O) groups excluding carboxylic acids is 1. The molecular weight excluding hydrogens is 344 g/mol. The van der Waals surface area contributed by atoms with Gasteiger partial charge < -0.3 is 9.88 Å². The fourth-order valence-corrected chi connectivity index (χ4v) is 2.92. The van der Waals surface area contributed by atoms with Crippen LogP contribution in [0.25, 0.3) is 6.08 Å². The zero-order chi connectivity index (χ0) is 17.7. The number of amides is 1. The normalized spacial score (nSPS) is 11.8. The molecule has 2 rings (SSSR count). The minimum atomic E-state index is -0.125. The highest BCUT2D eigenvalue weighted by Crippen LogP contribution is 2.18. The Bertz CT molecular complexity index is 807. The molecule has 0 saturated heterocycles. The topological polar surface area (TPSA) is 62.7 Å². The number of rotatable bonds is 6. The van der Waals surface area contributed by atoms with Gasteiger partial charge >= 0.3 is 0 Å². The van der Waals surface area contributed by atoms with Crippen molar-refractivity contribution in [1.82, 2.24) is 20.1 Å². The maximum Gasteiger partial charge on any atom is 0.246 e. The van der Waals surface area contributed by atoms with Gasteiger partial charge in [-0.1, -0.05) is 29.8 Å². The first-order valence-electron chi connectivity index (χ1n) is 7.77. The Morgan fingerprint density at radius 1 is 1.46 bits per heavy atom. The van der Waals surface area contributed by atoms with Gasteiger partial charge in [0, 0.05) is 29.6 Å². The molecule has 5 nitrogen and oxygen atoms in total. The Balaban J connectivity index is 1.96. The number of aromatic amines is 1. The van der Waals surface area contributed by atoms with Gasteiger partial charge in [-0.25, -0.2) is 0 Å². The van der Waals surface area contributed by atoms with Gasteiger partial charge in [0.15, 0.2) is 4.77 Å². The molecule has 1 amide bonds. The zero-order valence-electron chi connectivity index (χ0n) is 14.0. The number of hydrogen-bond acceptors (Lipinski definition) is 3. The Hall–Kier alpha value is -1.92. The minimum absolute atomic E-state index is 0.125. The van der Waals surface area contributed by atoms with Gasteiger partial charge in [0.25, 0.3) is 0 Å². The molecule has 1 aromatic heterocycles. The number of hydrogen-bond donors (Lipinski definition) is 2. The van der Waals surface area contributed by atoms with Gasteiger partial charge in [-0.3, -0.25) is 9.89 Å². The number of benzene rings is 1. The summed E-state index contributed by atoms with van der Waals surface area (Å²) in [5.41, 5.74) is 1.43. The molecule has 1 heterocycles.